The fraction of sp³-hybridized carbons (Fsp3) is 0.851. The number of aliphatic hydroxyl groups excluding tert-OH is 4. The predicted molar refractivity (Wildman–Crippen MR) is 228 cm³/mol. The molecule has 0 aromatic rings. The van der Waals surface area contributed by atoms with Gasteiger partial charge in [-0.1, -0.05) is 185 Å². The van der Waals surface area contributed by atoms with Gasteiger partial charge in [0.2, 0.25) is 5.91 Å². The van der Waals surface area contributed by atoms with Gasteiger partial charge in [-0.05, 0) is 77.0 Å². The number of allylic oxidation sites excluding steroid dienone is 6. The van der Waals surface area contributed by atoms with Crippen LogP contribution in [0.1, 0.15) is 226 Å². The van der Waals surface area contributed by atoms with Gasteiger partial charge in [0, 0.05) is 0 Å². The van der Waals surface area contributed by atoms with E-state index in [0.717, 1.165) is 38.5 Å². The van der Waals surface area contributed by atoms with Crippen LogP contribution in [0.4, 0.5) is 0 Å². The third kappa shape index (κ3) is 36.0. The first-order chi connectivity index (χ1) is 26.0. The maximum Gasteiger partial charge on any atom is 0.249 e. The molecule has 0 aliphatic rings. The topological polar surface area (TPSA) is 110 Å². The van der Waals surface area contributed by atoms with Crippen molar-refractivity contribution in [2.45, 2.75) is 250 Å². The molecule has 0 aromatic heterocycles. The minimum Gasteiger partial charge on any atom is -0.394 e. The highest BCUT2D eigenvalue weighted by atomic mass is 16.3. The molecule has 0 bridgehead atoms. The molecular weight excluding hydrogens is 659 g/mol. The zero-order valence-corrected chi connectivity index (χ0v) is 35.0. The van der Waals surface area contributed by atoms with Gasteiger partial charge in [0.05, 0.1) is 18.8 Å². The summed E-state index contributed by atoms with van der Waals surface area (Å²) >= 11 is 0. The standard InChI is InChI=1S/C47H89NO5/c1-3-5-7-9-11-13-15-17-19-20-21-22-23-24-25-26-27-29-31-33-35-37-39-41-45(51)47(53)48-43(42-49)46(52)44(50)40-38-36-34-32-30-28-18-16-14-12-10-8-6-4-2/h16,18,24-25,32,34,43-46,49-52H,3-15,17,19-23,26-31,33,35-42H2,1-2H3,(H,48,53)/b18-16+,25-24-,34-32+. The van der Waals surface area contributed by atoms with Crippen LogP contribution >= 0.6 is 0 Å². The molecule has 53 heavy (non-hydrogen) atoms. The fourth-order valence-corrected chi connectivity index (χ4v) is 6.89. The molecule has 0 rings (SSSR count). The van der Waals surface area contributed by atoms with Gasteiger partial charge in [-0.3, -0.25) is 4.79 Å². The Bertz CT molecular complexity index is 843. The Morgan fingerprint density at radius 2 is 0.792 bits per heavy atom. The van der Waals surface area contributed by atoms with Gasteiger partial charge >= 0.3 is 0 Å². The minimum absolute atomic E-state index is 0.355. The van der Waals surface area contributed by atoms with Crippen molar-refractivity contribution in [1.29, 1.82) is 0 Å². The van der Waals surface area contributed by atoms with Crippen molar-refractivity contribution in [3.05, 3.63) is 36.5 Å². The summed E-state index contributed by atoms with van der Waals surface area (Å²) in [5.74, 6) is -0.601. The summed E-state index contributed by atoms with van der Waals surface area (Å²) in [7, 11) is 0. The number of nitrogens with one attached hydrogen (secondary N) is 1. The lowest BCUT2D eigenvalue weighted by Crippen LogP contribution is -2.53. The monoisotopic (exact) mass is 748 g/mol. The molecule has 0 aliphatic heterocycles. The molecule has 5 N–H and O–H groups in total. The SMILES string of the molecule is CCCCCCC/C=C/CC/C=C/CCCC(O)C(O)C(CO)NC(=O)C(O)CCCCCCCCC/C=C\CCCCCCCCCCCCCC. The lowest BCUT2D eigenvalue weighted by molar-refractivity contribution is -0.132. The summed E-state index contributed by atoms with van der Waals surface area (Å²) in [6.45, 7) is 4.02. The normalized spacial score (nSPS) is 14.5. The van der Waals surface area contributed by atoms with Gasteiger partial charge in [0.1, 0.15) is 12.2 Å². The molecule has 0 aromatic carbocycles. The van der Waals surface area contributed by atoms with Crippen molar-refractivity contribution >= 4 is 5.91 Å². The van der Waals surface area contributed by atoms with E-state index in [2.05, 4.69) is 55.6 Å². The number of amides is 1. The van der Waals surface area contributed by atoms with E-state index in [1.807, 2.05) is 0 Å². The van der Waals surface area contributed by atoms with Crippen LogP contribution in [0.15, 0.2) is 36.5 Å². The second-order valence-electron chi connectivity index (χ2n) is 15.7. The molecular formula is C47H89NO5. The van der Waals surface area contributed by atoms with Crippen LogP contribution in [0.2, 0.25) is 0 Å². The van der Waals surface area contributed by atoms with Crippen LogP contribution in [0.5, 0.6) is 0 Å². The van der Waals surface area contributed by atoms with E-state index in [1.54, 1.807) is 0 Å². The lowest BCUT2D eigenvalue weighted by Gasteiger charge is -2.27. The average Bonchev–Trinajstić information content (AvgIpc) is 3.16. The van der Waals surface area contributed by atoms with Crippen LogP contribution < -0.4 is 5.32 Å². The van der Waals surface area contributed by atoms with Gasteiger partial charge in [0.15, 0.2) is 0 Å². The minimum atomic E-state index is -1.29. The zero-order valence-electron chi connectivity index (χ0n) is 35.0. The van der Waals surface area contributed by atoms with Crippen LogP contribution in [0, 0.1) is 0 Å². The summed E-state index contributed by atoms with van der Waals surface area (Å²) in [4.78, 5) is 12.5. The van der Waals surface area contributed by atoms with E-state index in [9.17, 15) is 25.2 Å². The third-order valence-corrected chi connectivity index (χ3v) is 10.6. The molecule has 0 fully saturated rings. The number of carbonyl (C=O) groups excluding carboxylic acids is 1. The first-order valence-corrected chi connectivity index (χ1v) is 22.9. The van der Waals surface area contributed by atoms with Crippen LogP contribution in [0.3, 0.4) is 0 Å². The van der Waals surface area contributed by atoms with Crippen LogP contribution in [-0.2, 0) is 4.79 Å². The van der Waals surface area contributed by atoms with Crippen molar-refractivity contribution in [2.75, 3.05) is 6.61 Å². The molecule has 4 unspecified atom stereocenters. The Kier molecular flexibility index (Phi) is 40.5. The Balaban J connectivity index is 3.75. The molecule has 4 atom stereocenters. The summed E-state index contributed by atoms with van der Waals surface area (Å²) in [6.07, 6.45) is 49.0. The summed E-state index contributed by atoms with van der Waals surface area (Å²) in [6, 6.07) is -1.01. The molecule has 6 nitrogen and oxygen atoms in total. The van der Waals surface area contributed by atoms with Gasteiger partial charge in [-0.15, -0.1) is 0 Å². The third-order valence-electron chi connectivity index (χ3n) is 10.6. The molecule has 0 saturated carbocycles. The smallest absolute Gasteiger partial charge is 0.249 e. The predicted octanol–water partition coefficient (Wildman–Crippen LogP) is 12.1. The maximum atomic E-state index is 12.5. The summed E-state index contributed by atoms with van der Waals surface area (Å²) < 4.78 is 0. The van der Waals surface area contributed by atoms with Gasteiger partial charge in [-0.25, -0.2) is 0 Å². The number of carbonyl (C=O) groups is 1. The Morgan fingerprint density at radius 3 is 1.19 bits per heavy atom. The van der Waals surface area contributed by atoms with Crippen molar-refractivity contribution in [3.63, 3.8) is 0 Å². The van der Waals surface area contributed by atoms with Crippen molar-refractivity contribution in [2.24, 2.45) is 0 Å². The van der Waals surface area contributed by atoms with Crippen molar-refractivity contribution in [1.82, 2.24) is 5.32 Å². The van der Waals surface area contributed by atoms with Crippen LogP contribution in [-0.4, -0.2) is 57.3 Å². The molecule has 312 valence electrons. The number of hydrogen-bond acceptors (Lipinski definition) is 5. The largest absolute Gasteiger partial charge is 0.394 e. The van der Waals surface area contributed by atoms with Crippen LogP contribution in [0.25, 0.3) is 0 Å². The Labute approximate surface area is 328 Å². The average molecular weight is 748 g/mol. The Morgan fingerprint density at radius 1 is 0.453 bits per heavy atom. The van der Waals surface area contributed by atoms with Gasteiger partial charge < -0.3 is 25.7 Å². The van der Waals surface area contributed by atoms with E-state index >= 15 is 0 Å². The van der Waals surface area contributed by atoms with Crippen molar-refractivity contribution in [3.8, 4) is 0 Å². The lowest BCUT2D eigenvalue weighted by atomic mass is 10.00. The molecule has 0 aliphatic carbocycles. The highest BCUT2D eigenvalue weighted by Crippen LogP contribution is 2.15. The van der Waals surface area contributed by atoms with E-state index in [0.29, 0.717) is 19.3 Å². The molecule has 0 saturated heterocycles. The van der Waals surface area contributed by atoms with E-state index in [4.69, 9.17) is 0 Å². The van der Waals surface area contributed by atoms with E-state index < -0.39 is 36.9 Å². The highest BCUT2D eigenvalue weighted by Gasteiger charge is 2.28. The zero-order chi connectivity index (χ0) is 38.9. The van der Waals surface area contributed by atoms with Gasteiger partial charge in [-0.2, -0.15) is 0 Å². The first-order valence-electron chi connectivity index (χ1n) is 22.9. The second kappa shape index (κ2) is 41.7. The highest BCUT2D eigenvalue weighted by molar-refractivity contribution is 5.80. The fourth-order valence-electron chi connectivity index (χ4n) is 6.89. The number of hydrogen-bond donors (Lipinski definition) is 5. The molecule has 0 radical (unpaired) electrons. The number of unbranched alkanes of at least 4 members (excludes halogenated alkanes) is 26. The second-order valence-corrected chi connectivity index (χ2v) is 15.7. The molecule has 0 spiro atoms. The maximum absolute atomic E-state index is 12.5. The summed E-state index contributed by atoms with van der Waals surface area (Å²) in [5.41, 5.74) is 0. The molecule has 1 amide bonds. The molecule has 0 heterocycles. The van der Waals surface area contributed by atoms with E-state index in [-0.39, 0.29) is 0 Å². The molecule has 6 heteroatoms. The van der Waals surface area contributed by atoms with Gasteiger partial charge in [0.25, 0.3) is 0 Å². The number of rotatable bonds is 41. The Hall–Kier alpha value is -1.47. The van der Waals surface area contributed by atoms with E-state index in [1.165, 1.54) is 154 Å². The van der Waals surface area contributed by atoms with Crippen molar-refractivity contribution < 1.29 is 25.2 Å². The first kappa shape index (κ1) is 51.5. The quantitative estimate of drug-likeness (QED) is 0.0316. The summed E-state index contributed by atoms with van der Waals surface area (Å²) in [5, 5.41) is 43.6. The number of aliphatic hydroxyl groups is 4.